The second-order valence-electron chi connectivity index (χ2n) is 12.7. The minimum Gasteiger partial charge on any atom is -0.444 e. The molecule has 2 saturated heterocycles. The van der Waals surface area contributed by atoms with E-state index in [4.69, 9.17) is 22.8 Å². The molecule has 0 aliphatic carbocycles. The first-order valence-corrected chi connectivity index (χ1v) is 17.3. The van der Waals surface area contributed by atoms with Crippen LogP contribution in [0.1, 0.15) is 85.0 Å². The summed E-state index contributed by atoms with van der Waals surface area (Å²) in [6.45, 7) is 8.33. The van der Waals surface area contributed by atoms with E-state index < -0.39 is 17.3 Å². The normalized spacial score (nSPS) is 21.6. The maximum absolute atomic E-state index is 13.8. The van der Waals surface area contributed by atoms with Gasteiger partial charge in [0, 0.05) is 29.9 Å². The zero-order valence-electron chi connectivity index (χ0n) is 25.4. The Morgan fingerprint density at radius 1 is 1.13 bits per heavy atom. The Morgan fingerprint density at radius 3 is 2.58 bits per heavy atom. The van der Waals surface area contributed by atoms with Gasteiger partial charge in [0.05, 0.1) is 22.4 Å². The van der Waals surface area contributed by atoms with Gasteiger partial charge in [0.15, 0.2) is 5.13 Å². The minimum atomic E-state index is -0.843. The van der Waals surface area contributed by atoms with Crippen LogP contribution in [0.3, 0.4) is 0 Å². The van der Waals surface area contributed by atoms with E-state index in [1.54, 1.807) is 12.4 Å². The largest absolute Gasteiger partial charge is 0.444 e. The highest BCUT2D eigenvalue weighted by Crippen LogP contribution is 2.42. The van der Waals surface area contributed by atoms with Gasteiger partial charge in [-0.3, -0.25) is 24.1 Å². The molecule has 3 aliphatic rings. The van der Waals surface area contributed by atoms with Crippen molar-refractivity contribution in [3.8, 4) is 0 Å². The van der Waals surface area contributed by atoms with E-state index >= 15 is 0 Å². The first-order valence-electron chi connectivity index (χ1n) is 15.0. The van der Waals surface area contributed by atoms with Crippen LogP contribution in [0.4, 0.5) is 5.13 Å². The maximum atomic E-state index is 13.8. The predicted molar refractivity (Wildman–Crippen MR) is 174 cm³/mol. The van der Waals surface area contributed by atoms with Crippen LogP contribution in [0, 0.1) is 5.92 Å². The quantitative estimate of drug-likeness (QED) is 0.201. The highest BCUT2D eigenvalue weighted by molar-refractivity contribution is 8.00. The summed E-state index contributed by atoms with van der Waals surface area (Å²) in [6.07, 6.45) is 5.16. The van der Waals surface area contributed by atoms with Crippen molar-refractivity contribution in [2.75, 3.05) is 18.0 Å². The molecule has 2 N–H and O–H groups in total. The number of hydrogen-bond donors (Lipinski definition) is 2. The average Bonchev–Trinajstić information content (AvgIpc) is 3.72. The Bertz CT molecular complexity index is 1640. The van der Waals surface area contributed by atoms with Crippen LogP contribution in [0.5, 0.6) is 0 Å². The summed E-state index contributed by atoms with van der Waals surface area (Å²) >= 11 is 7.47. The molecule has 45 heavy (non-hydrogen) atoms. The monoisotopic (exact) mass is 668 g/mol. The molecule has 2 unspecified atom stereocenters. The zero-order chi connectivity index (χ0) is 32.0. The van der Waals surface area contributed by atoms with Crippen LogP contribution in [-0.4, -0.2) is 62.5 Å². The van der Waals surface area contributed by atoms with Crippen LogP contribution in [0.25, 0.3) is 0 Å². The second-order valence-corrected chi connectivity index (χ2v) is 15.5. The van der Waals surface area contributed by atoms with Crippen LogP contribution >= 0.6 is 35.7 Å². The summed E-state index contributed by atoms with van der Waals surface area (Å²) in [7, 11) is 0. The van der Waals surface area contributed by atoms with Gasteiger partial charge in [0.25, 0.3) is 11.8 Å². The molecule has 2 atom stereocenters. The van der Waals surface area contributed by atoms with E-state index in [2.05, 4.69) is 35.6 Å². The van der Waals surface area contributed by atoms with Crippen molar-refractivity contribution in [1.82, 2.24) is 19.8 Å². The van der Waals surface area contributed by atoms with Gasteiger partial charge in [-0.1, -0.05) is 44.2 Å². The lowest BCUT2D eigenvalue weighted by Crippen LogP contribution is -2.55. The molecule has 2 aromatic heterocycles. The summed E-state index contributed by atoms with van der Waals surface area (Å²) in [4.78, 5) is 65.7. The van der Waals surface area contributed by atoms with Gasteiger partial charge >= 0.3 is 0 Å². The molecule has 14 heteroatoms. The van der Waals surface area contributed by atoms with Crippen molar-refractivity contribution in [3.63, 3.8) is 0 Å². The summed E-state index contributed by atoms with van der Waals surface area (Å²) in [5.74, 6) is 0.452. The molecule has 0 spiro atoms. The number of hydrogen-bond acceptors (Lipinski definition) is 11. The molecule has 0 bridgehead atoms. The van der Waals surface area contributed by atoms with E-state index in [0.717, 1.165) is 51.9 Å². The molecule has 238 valence electrons. The lowest BCUT2D eigenvalue weighted by Gasteiger charge is -2.36. The highest BCUT2D eigenvalue weighted by atomic mass is 32.2. The molecule has 4 amide bonds. The topological polar surface area (TPSA) is 143 Å². The molecule has 3 aliphatic heterocycles. The highest BCUT2D eigenvalue weighted by Gasteiger charge is 2.47. The van der Waals surface area contributed by atoms with Crippen LogP contribution in [-0.2, 0) is 32.1 Å². The molecule has 6 rings (SSSR count). The van der Waals surface area contributed by atoms with Crippen LogP contribution in [0.2, 0.25) is 0 Å². The number of anilines is 1. The third kappa shape index (κ3) is 6.42. The minimum absolute atomic E-state index is 0.0866. The van der Waals surface area contributed by atoms with Crippen LogP contribution < -0.4 is 10.6 Å². The number of imide groups is 1. The second kappa shape index (κ2) is 12.5. The summed E-state index contributed by atoms with van der Waals surface area (Å²) < 4.78 is 6.68. The molecule has 11 nitrogen and oxygen atoms in total. The average molecular weight is 669 g/mol. The number of carbonyl (C=O) groups is 4. The molecule has 0 saturated carbocycles. The summed E-state index contributed by atoms with van der Waals surface area (Å²) in [5.41, 5.74) is 7.56. The van der Waals surface area contributed by atoms with Crippen molar-refractivity contribution in [2.45, 2.75) is 79.8 Å². The fourth-order valence-corrected chi connectivity index (χ4v) is 8.29. The first kappa shape index (κ1) is 31.8. The summed E-state index contributed by atoms with van der Waals surface area (Å²) in [6, 6.07) is 4.91. The van der Waals surface area contributed by atoms with Crippen LogP contribution in [0.15, 0.2) is 39.2 Å². The van der Waals surface area contributed by atoms with E-state index in [1.165, 1.54) is 28.0 Å². The molecule has 0 radical (unpaired) electrons. The molecule has 3 aromatic rings. The molecule has 1 aromatic carbocycles. The Labute approximate surface area is 275 Å². The molecular formula is C31H36N6O5S3. The number of rotatable bonds is 8. The number of benzene rings is 1. The number of nitrogens with zero attached hydrogens (tertiary/aromatic N) is 5. The number of carbonyl (C=O) groups excluding carboxylic acids is 4. The fraction of sp³-hybridized carbons (Fsp3) is 0.484. The van der Waals surface area contributed by atoms with Gasteiger partial charge in [0.1, 0.15) is 17.2 Å². The molecule has 5 heterocycles. The van der Waals surface area contributed by atoms with Crippen molar-refractivity contribution >= 4 is 64.5 Å². The Balaban J connectivity index is 1.13. The third-order valence-electron chi connectivity index (χ3n) is 8.54. The number of aromatic nitrogens is 2. The van der Waals surface area contributed by atoms with Crippen molar-refractivity contribution < 1.29 is 23.6 Å². The molecule has 2 fully saturated rings. The fourth-order valence-electron chi connectivity index (χ4n) is 5.96. The molecular weight excluding hydrogens is 633 g/mol. The third-order valence-corrected chi connectivity index (χ3v) is 11.2. The lowest BCUT2D eigenvalue weighted by atomic mass is 9.94. The van der Waals surface area contributed by atoms with Gasteiger partial charge < -0.3 is 15.1 Å². The van der Waals surface area contributed by atoms with E-state index in [9.17, 15) is 19.2 Å². The Hall–Kier alpha value is -3.20. The predicted octanol–water partition coefficient (Wildman–Crippen LogP) is 4.52. The van der Waals surface area contributed by atoms with E-state index in [0.29, 0.717) is 23.8 Å². The lowest BCUT2D eigenvalue weighted by molar-refractivity contribution is -0.133. The smallest absolute Gasteiger partial charge is 0.258 e. The van der Waals surface area contributed by atoms with E-state index in [1.807, 2.05) is 18.2 Å². The van der Waals surface area contributed by atoms with Gasteiger partial charge in [-0.15, -0.1) is 24.4 Å². The first-order chi connectivity index (χ1) is 21.4. The van der Waals surface area contributed by atoms with Gasteiger partial charge in [-0.05, 0) is 49.5 Å². The zero-order valence-corrected chi connectivity index (χ0v) is 27.9. The van der Waals surface area contributed by atoms with Crippen molar-refractivity contribution in [2.24, 2.45) is 11.7 Å². The van der Waals surface area contributed by atoms with Gasteiger partial charge in [-0.25, -0.2) is 14.9 Å². The standard InChI is InChI=1S/C31H36N6O5S3/c1-31(2,3)22-13-33-23(42-22)16-44-25-14-34-30(45-25)37-24(38)7-6-21(28(37)41)36-27(40)20-12-17(4-5-19(20)29(36)43)15-35-10-8-18(9-11-35)26(32)39/h4-5,12-14,18,21,29,43H,6-11,15-16H2,1-3H3,(H2,32,39). The number of piperidine rings is 2. The number of thiazole rings is 1. The number of amides is 4. The van der Waals surface area contributed by atoms with Gasteiger partial charge in [0.2, 0.25) is 17.7 Å². The van der Waals surface area contributed by atoms with Gasteiger partial charge in [-0.2, -0.15) is 0 Å². The number of nitrogens with two attached hydrogens (primary N) is 1. The number of thiol groups is 1. The van der Waals surface area contributed by atoms with Crippen molar-refractivity contribution in [1.29, 1.82) is 0 Å². The number of thioether (sulfide) groups is 1. The SMILES string of the molecule is CC(C)(C)c1cnc(CSc2cnc(N3C(=O)CCC(N4C(=O)c5cc(CN6CCC(C(N)=O)CC6)ccc5C4S)C3=O)s2)o1. The Morgan fingerprint density at radius 2 is 1.89 bits per heavy atom. The van der Waals surface area contributed by atoms with Crippen molar-refractivity contribution in [3.05, 3.63) is 58.9 Å². The van der Waals surface area contributed by atoms with E-state index in [-0.39, 0.29) is 47.0 Å². The summed E-state index contributed by atoms with van der Waals surface area (Å²) in [5, 5.41) is -0.333. The number of primary amides is 1. The number of oxazole rings is 1. The maximum Gasteiger partial charge on any atom is 0.258 e. The number of fused-ring (bicyclic) bond motifs is 1. The number of likely N-dealkylation sites (tertiary alicyclic amines) is 1. The Kier molecular flexibility index (Phi) is 8.85.